The quantitative estimate of drug-likeness (QED) is 0.0941. The summed E-state index contributed by atoms with van der Waals surface area (Å²) >= 11 is 0. The van der Waals surface area contributed by atoms with Gasteiger partial charge in [0, 0.05) is 31.7 Å². The molecule has 1 rings (SSSR count). The van der Waals surface area contributed by atoms with Gasteiger partial charge in [0.05, 0.1) is 0 Å². The molecule has 0 saturated heterocycles. The number of imide groups is 1. The summed E-state index contributed by atoms with van der Waals surface area (Å²) in [7, 11) is 0. The number of hydrogen-bond acceptors (Lipinski definition) is 6. The number of guanidine groups is 1. The van der Waals surface area contributed by atoms with E-state index in [4.69, 9.17) is 11.5 Å². The predicted octanol–water partition coefficient (Wildman–Crippen LogP) is -1.15. The van der Waals surface area contributed by atoms with Crippen molar-refractivity contribution in [1.82, 2.24) is 15.5 Å². The Morgan fingerprint density at radius 3 is 2.22 bits per heavy atom. The molecule has 1 aliphatic rings. The molecule has 12 heteroatoms. The second-order valence-electron chi connectivity index (χ2n) is 7.76. The Kier molecular flexibility index (Phi) is 10.9. The number of nitrogens with two attached hydrogens (primary N) is 2. The Labute approximate surface area is 186 Å². The topological polar surface area (TPSA) is 197 Å². The van der Waals surface area contributed by atoms with Gasteiger partial charge in [-0.1, -0.05) is 13.8 Å². The number of aliphatic carboxylic acids is 1. The number of nitrogens with zero attached hydrogens (tertiary/aromatic N) is 2. The van der Waals surface area contributed by atoms with Gasteiger partial charge in [-0.25, -0.2) is 4.79 Å². The molecule has 2 unspecified atom stereocenters. The van der Waals surface area contributed by atoms with Crippen molar-refractivity contribution in [3.05, 3.63) is 12.2 Å². The van der Waals surface area contributed by atoms with E-state index in [9.17, 15) is 29.1 Å². The number of aliphatic imine (C=N–C) groups is 1. The van der Waals surface area contributed by atoms with Crippen LogP contribution in [0.4, 0.5) is 0 Å². The van der Waals surface area contributed by atoms with Gasteiger partial charge in [0.1, 0.15) is 12.1 Å². The van der Waals surface area contributed by atoms with Gasteiger partial charge in [0.25, 0.3) is 11.8 Å². The van der Waals surface area contributed by atoms with Gasteiger partial charge in [-0.05, 0) is 31.6 Å². The molecule has 2 atom stereocenters. The molecule has 4 amide bonds. The van der Waals surface area contributed by atoms with E-state index in [1.165, 1.54) is 12.2 Å². The molecule has 1 aliphatic heterocycles. The van der Waals surface area contributed by atoms with Crippen LogP contribution in [0.25, 0.3) is 0 Å². The second kappa shape index (κ2) is 13.1. The van der Waals surface area contributed by atoms with Crippen LogP contribution >= 0.6 is 0 Å². The Balaban J connectivity index is 2.50. The fourth-order valence-corrected chi connectivity index (χ4v) is 3.01. The molecular weight excluding hydrogens is 420 g/mol. The smallest absolute Gasteiger partial charge is 0.326 e. The zero-order valence-corrected chi connectivity index (χ0v) is 18.4. The third kappa shape index (κ3) is 9.14. The van der Waals surface area contributed by atoms with Gasteiger partial charge in [0.15, 0.2) is 5.96 Å². The minimum absolute atomic E-state index is 0.0982. The fourth-order valence-electron chi connectivity index (χ4n) is 3.01. The molecule has 0 aromatic rings. The van der Waals surface area contributed by atoms with E-state index >= 15 is 0 Å². The Morgan fingerprint density at radius 2 is 1.69 bits per heavy atom. The van der Waals surface area contributed by atoms with Crippen LogP contribution in [0.3, 0.4) is 0 Å². The van der Waals surface area contributed by atoms with Crippen molar-refractivity contribution in [2.45, 2.75) is 58.0 Å². The molecule has 0 aliphatic carbocycles. The lowest BCUT2D eigenvalue weighted by Gasteiger charge is -2.24. The lowest BCUT2D eigenvalue weighted by Crippen LogP contribution is -2.53. The summed E-state index contributed by atoms with van der Waals surface area (Å²) in [5, 5.41) is 14.4. The highest BCUT2D eigenvalue weighted by molar-refractivity contribution is 6.12. The first-order chi connectivity index (χ1) is 15.0. The summed E-state index contributed by atoms with van der Waals surface area (Å²) < 4.78 is 0. The normalized spacial score (nSPS) is 14.9. The van der Waals surface area contributed by atoms with Gasteiger partial charge in [0.2, 0.25) is 11.8 Å². The maximum Gasteiger partial charge on any atom is 0.326 e. The molecule has 0 aromatic carbocycles. The number of amides is 4. The summed E-state index contributed by atoms with van der Waals surface area (Å²) in [5.41, 5.74) is 10.4. The number of carbonyl (C=O) groups is 5. The van der Waals surface area contributed by atoms with E-state index in [-0.39, 0.29) is 55.5 Å². The average Bonchev–Trinajstić information content (AvgIpc) is 3.02. The number of rotatable bonds is 14. The third-order valence-corrected chi connectivity index (χ3v) is 4.76. The second-order valence-corrected chi connectivity index (χ2v) is 7.76. The number of nitrogens with one attached hydrogen (secondary N) is 2. The number of hydrogen-bond donors (Lipinski definition) is 5. The standard InChI is InChI=1S/C20H32N6O6/c1-12(2)17(18(30)24-13(19(31)32)6-5-10-23-20(21)22)25-14(27)7-3-4-11-26-15(28)8-9-16(26)29/h8-9,12-13,17H,3-7,10-11H2,1-2H3,(H,24,30)(H,25,27)(H,31,32)(H4,21,22,23). The predicted molar refractivity (Wildman–Crippen MR) is 116 cm³/mol. The van der Waals surface area contributed by atoms with E-state index in [1.54, 1.807) is 13.8 Å². The van der Waals surface area contributed by atoms with Crippen LogP contribution in [0.5, 0.6) is 0 Å². The van der Waals surface area contributed by atoms with Gasteiger partial charge < -0.3 is 27.2 Å². The first-order valence-electron chi connectivity index (χ1n) is 10.4. The molecule has 12 nitrogen and oxygen atoms in total. The van der Waals surface area contributed by atoms with Gasteiger partial charge >= 0.3 is 5.97 Å². The molecule has 32 heavy (non-hydrogen) atoms. The Bertz CT molecular complexity index is 757. The van der Waals surface area contributed by atoms with E-state index < -0.39 is 24.0 Å². The van der Waals surface area contributed by atoms with Gasteiger partial charge in [-0.3, -0.25) is 29.1 Å². The molecule has 178 valence electrons. The highest BCUT2D eigenvalue weighted by Crippen LogP contribution is 2.08. The van der Waals surface area contributed by atoms with Crippen LogP contribution in [0.15, 0.2) is 17.1 Å². The highest BCUT2D eigenvalue weighted by atomic mass is 16.4. The monoisotopic (exact) mass is 452 g/mol. The van der Waals surface area contributed by atoms with Crippen LogP contribution in [-0.2, 0) is 24.0 Å². The summed E-state index contributed by atoms with van der Waals surface area (Å²) in [6.07, 6.45) is 3.84. The SMILES string of the molecule is CC(C)C(NC(=O)CCCCN1C(=O)C=CC1=O)C(=O)NC(CCCN=C(N)N)C(=O)O. The molecule has 7 N–H and O–H groups in total. The van der Waals surface area contributed by atoms with Crippen LogP contribution in [-0.4, -0.2) is 70.7 Å². The van der Waals surface area contributed by atoms with Crippen molar-refractivity contribution in [3.63, 3.8) is 0 Å². The van der Waals surface area contributed by atoms with Crippen molar-refractivity contribution in [2.24, 2.45) is 22.4 Å². The van der Waals surface area contributed by atoms with Crippen LogP contribution in [0, 0.1) is 5.92 Å². The van der Waals surface area contributed by atoms with Crippen molar-refractivity contribution >= 4 is 35.6 Å². The lowest BCUT2D eigenvalue weighted by atomic mass is 10.0. The number of carbonyl (C=O) groups excluding carboxylic acids is 4. The highest BCUT2D eigenvalue weighted by Gasteiger charge is 2.28. The molecular formula is C20H32N6O6. The first kappa shape index (κ1) is 26.6. The summed E-state index contributed by atoms with van der Waals surface area (Å²) in [4.78, 5) is 64.2. The van der Waals surface area contributed by atoms with E-state index in [0.29, 0.717) is 19.3 Å². The largest absolute Gasteiger partial charge is 0.480 e. The summed E-state index contributed by atoms with van der Waals surface area (Å²) in [6, 6.07) is -2.05. The molecule has 0 fully saturated rings. The van der Waals surface area contributed by atoms with Crippen molar-refractivity contribution in [3.8, 4) is 0 Å². The van der Waals surface area contributed by atoms with Crippen LogP contribution < -0.4 is 22.1 Å². The third-order valence-electron chi connectivity index (χ3n) is 4.76. The molecule has 0 radical (unpaired) electrons. The number of unbranched alkanes of at least 4 members (excludes halogenated alkanes) is 1. The van der Waals surface area contributed by atoms with Crippen molar-refractivity contribution in [1.29, 1.82) is 0 Å². The summed E-state index contributed by atoms with van der Waals surface area (Å²) in [6.45, 7) is 3.91. The number of carboxylic acid groups (broad SMARTS) is 1. The molecule has 0 aromatic heterocycles. The first-order valence-corrected chi connectivity index (χ1v) is 10.4. The minimum atomic E-state index is -1.20. The summed E-state index contributed by atoms with van der Waals surface area (Å²) in [5.74, 6) is -3.29. The van der Waals surface area contributed by atoms with Crippen molar-refractivity contribution in [2.75, 3.05) is 13.1 Å². The van der Waals surface area contributed by atoms with Gasteiger partial charge in [-0.15, -0.1) is 0 Å². The van der Waals surface area contributed by atoms with E-state index in [0.717, 1.165) is 4.90 Å². The molecule has 0 bridgehead atoms. The van der Waals surface area contributed by atoms with Crippen LogP contribution in [0.1, 0.15) is 46.0 Å². The van der Waals surface area contributed by atoms with Crippen LogP contribution in [0.2, 0.25) is 0 Å². The number of carboxylic acids is 1. The van der Waals surface area contributed by atoms with Gasteiger partial charge in [-0.2, -0.15) is 0 Å². The molecule has 0 saturated carbocycles. The minimum Gasteiger partial charge on any atom is -0.480 e. The van der Waals surface area contributed by atoms with Crippen molar-refractivity contribution < 1.29 is 29.1 Å². The van der Waals surface area contributed by atoms with E-state index in [2.05, 4.69) is 15.6 Å². The molecule has 1 heterocycles. The zero-order chi connectivity index (χ0) is 24.3. The molecule has 0 spiro atoms. The maximum absolute atomic E-state index is 12.6. The zero-order valence-electron chi connectivity index (χ0n) is 18.4. The average molecular weight is 453 g/mol. The Morgan fingerprint density at radius 1 is 1.06 bits per heavy atom. The van der Waals surface area contributed by atoms with E-state index in [1.807, 2.05) is 0 Å². The Hall–Kier alpha value is -3.44. The lowest BCUT2D eigenvalue weighted by molar-refractivity contribution is -0.142. The fraction of sp³-hybridized carbons (Fsp3) is 0.600. The maximum atomic E-state index is 12.6.